The highest BCUT2D eigenvalue weighted by Gasteiger charge is 2.34. The number of para-hydroxylation sites is 1. The van der Waals surface area contributed by atoms with Crippen LogP contribution < -0.4 is 5.32 Å². The van der Waals surface area contributed by atoms with Crippen LogP contribution in [0.1, 0.15) is 18.9 Å². The van der Waals surface area contributed by atoms with Gasteiger partial charge in [0.25, 0.3) is 0 Å². The molecular weight excluding hydrogens is 295 g/mol. The minimum Gasteiger partial charge on any atom is -0.322 e. The fourth-order valence-electron chi connectivity index (χ4n) is 2.52. The Kier molecular flexibility index (Phi) is 5.28. The molecule has 1 aliphatic rings. The lowest BCUT2D eigenvalue weighted by atomic mass is 10.1. The molecule has 1 N–H and O–H groups in total. The summed E-state index contributed by atoms with van der Waals surface area (Å²) in [5.74, 6) is 0. The Hall–Kier alpha value is -1.76. The van der Waals surface area contributed by atoms with E-state index in [0.29, 0.717) is 13.1 Å². The number of nitrogens with zero attached hydrogens (tertiary/aromatic N) is 2. The Morgan fingerprint density at radius 1 is 1.18 bits per heavy atom. The van der Waals surface area contributed by atoms with Crippen LogP contribution in [-0.2, 0) is 6.18 Å². The smallest absolute Gasteiger partial charge is 0.322 e. The minimum atomic E-state index is -4.48. The lowest BCUT2D eigenvalue weighted by Crippen LogP contribution is -2.50. The van der Waals surface area contributed by atoms with Gasteiger partial charge in [0, 0.05) is 26.2 Å². The number of hydrogen-bond donors (Lipinski definition) is 1. The molecule has 0 radical (unpaired) electrons. The van der Waals surface area contributed by atoms with Crippen molar-refractivity contribution in [3.63, 3.8) is 0 Å². The zero-order valence-electron chi connectivity index (χ0n) is 12.5. The number of hydrogen-bond acceptors (Lipinski definition) is 2. The van der Waals surface area contributed by atoms with E-state index in [1.165, 1.54) is 18.2 Å². The molecule has 7 heteroatoms. The molecule has 1 saturated heterocycles. The van der Waals surface area contributed by atoms with E-state index in [0.717, 1.165) is 32.1 Å². The van der Waals surface area contributed by atoms with Crippen molar-refractivity contribution in [1.29, 1.82) is 0 Å². The number of halogens is 3. The van der Waals surface area contributed by atoms with E-state index < -0.39 is 17.8 Å². The standard InChI is InChI=1S/C15H20F3N3O/c1-2-7-20-8-10-21(11-9-20)14(22)19-13-6-4-3-5-12(13)15(16,17)18/h3-6H,2,7-11H2,1H3,(H,19,22). The molecule has 1 aliphatic heterocycles. The fraction of sp³-hybridized carbons (Fsp3) is 0.533. The lowest BCUT2D eigenvalue weighted by molar-refractivity contribution is -0.136. The van der Waals surface area contributed by atoms with Crippen LogP contribution in [-0.4, -0.2) is 48.6 Å². The number of rotatable bonds is 3. The molecule has 1 heterocycles. The summed E-state index contributed by atoms with van der Waals surface area (Å²) in [5.41, 5.74) is -1.02. The molecule has 2 rings (SSSR count). The van der Waals surface area contributed by atoms with E-state index in [2.05, 4.69) is 17.1 Å². The predicted molar refractivity (Wildman–Crippen MR) is 78.8 cm³/mol. The van der Waals surface area contributed by atoms with Gasteiger partial charge in [-0.1, -0.05) is 19.1 Å². The van der Waals surface area contributed by atoms with Crippen molar-refractivity contribution < 1.29 is 18.0 Å². The van der Waals surface area contributed by atoms with E-state index in [-0.39, 0.29) is 5.69 Å². The number of nitrogens with one attached hydrogen (secondary N) is 1. The number of piperazine rings is 1. The molecule has 0 bridgehead atoms. The molecule has 0 atom stereocenters. The summed E-state index contributed by atoms with van der Waals surface area (Å²) in [4.78, 5) is 15.9. The van der Waals surface area contributed by atoms with Gasteiger partial charge >= 0.3 is 12.2 Å². The number of alkyl halides is 3. The normalized spacial score (nSPS) is 16.6. The van der Waals surface area contributed by atoms with Gasteiger partial charge in [0.15, 0.2) is 0 Å². The summed E-state index contributed by atoms with van der Waals surface area (Å²) in [7, 11) is 0. The van der Waals surface area contributed by atoms with Gasteiger partial charge < -0.3 is 10.2 Å². The van der Waals surface area contributed by atoms with Crippen molar-refractivity contribution in [2.24, 2.45) is 0 Å². The molecule has 4 nitrogen and oxygen atoms in total. The first kappa shape index (κ1) is 16.6. The molecule has 0 aromatic heterocycles. The molecule has 2 amide bonds. The van der Waals surface area contributed by atoms with Crippen LogP contribution in [0.15, 0.2) is 24.3 Å². The summed E-state index contributed by atoms with van der Waals surface area (Å²) in [6.45, 7) is 5.63. The number of carbonyl (C=O) groups is 1. The van der Waals surface area contributed by atoms with Crippen molar-refractivity contribution in [2.45, 2.75) is 19.5 Å². The molecule has 122 valence electrons. The molecular formula is C15H20F3N3O. The third-order valence-electron chi connectivity index (χ3n) is 3.67. The summed E-state index contributed by atoms with van der Waals surface area (Å²) in [5, 5.41) is 2.38. The Morgan fingerprint density at radius 3 is 2.41 bits per heavy atom. The highest BCUT2D eigenvalue weighted by molar-refractivity contribution is 5.90. The number of amides is 2. The number of urea groups is 1. The van der Waals surface area contributed by atoms with Gasteiger partial charge in [0.2, 0.25) is 0 Å². The van der Waals surface area contributed by atoms with Gasteiger partial charge in [-0.15, -0.1) is 0 Å². The predicted octanol–water partition coefficient (Wildman–Crippen LogP) is 3.26. The first-order valence-corrected chi connectivity index (χ1v) is 7.36. The van der Waals surface area contributed by atoms with E-state index in [1.807, 2.05) is 0 Å². The van der Waals surface area contributed by atoms with Crippen molar-refractivity contribution in [2.75, 3.05) is 38.0 Å². The second-order valence-corrected chi connectivity index (χ2v) is 5.30. The van der Waals surface area contributed by atoms with Crippen molar-refractivity contribution in [1.82, 2.24) is 9.80 Å². The lowest BCUT2D eigenvalue weighted by Gasteiger charge is -2.34. The fourth-order valence-corrected chi connectivity index (χ4v) is 2.52. The maximum atomic E-state index is 12.9. The van der Waals surface area contributed by atoms with Crippen molar-refractivity contribution in [3.05, 3.63) is 29.8 Å². The van der Waals surface area contributed by atoms with E-state index in [9.17, 15) is 18.0 Å². The number of carbonyl (C=O) groups excluding carboxylic acids is 1. The van der Waals surface area contributed by atoms with Crippen LogP contribution in [0.4, 0.5) is 23.7 Å². The largest absolute Gasteiger partial charge is 0.418 e. The Morgan fingerprint density at radius 2 is 1.82 bits per heavy atom. The maximum absolute atomic E-state index is 12.9. The zero-order valence-corrected chi connectivity index (χ0v) is 12.5. The molecule has 22 heavy (non-hydrogen) atoms. The average molecular weight is 315 g/mol. The van der Waals surface area contributed by atoms with Crippen LogP contribution in [0.25, 0.3) is 0 Å². The third kappa shape index (κ3) is 4.13. The molecule has 1 fully saturated rings. The monoisotopic (exact) mass is 315 g/mol. The average Bonchev–Trinajstić information content (AvgIpc) is 2.48. The first-order chi connectivity index (χ1) is 10.4. The topological polar surface area (TPSA) is 35.6 Å². The second-order valence-electron chi connectivity index (χ2n) is 5.30. The third-order valence-corrected chi connectivity index (χ3v) is 3.67. The van der Waals surface area contributed by atoms with Gasteiger partial charge in [-0.05, 0) is 25.1 Å². The van der Waals surface area contributed by atoms with E-state index >= 15 is 0 Å². The molecule has 0 aliphatic carbocycles. The van der Waals surface area contributed by atoms with Crippen LogP contribution in [0.2, 0.25) is 0 Å². The highest BCUT2D eigenvalue weighted by atomic mass is 19.4. The first-order valence-electron chi connectivity index (χ1n) is 7.36. The number of anilines is 1. The Bertz CT molecular complexity index is 511. The van der Waals surface area contributed by atoms with Gasteiger partial charge in [-0.3, -0.25) is 4.90 Å². The van der Waals surface area contributed by atoms with Crippen LogP contribution in [0.5, 0.6) is 0 Å². The number of benzene rings is 1. The quantitative estimate of drug-likeness (QED) is 0.929. The van der Waals surface area contributed by atoms with Crippen LogP contribution in [0.3, 0.4) is 0 Å². The summed E-state index contributed by atoms with van der Waals surface area (Å²) < 4.78 is 38.7. The van der Waals surface area contributed by atoms with Gasteiger partial charge in [-0.25, -0.2) is 4.79 Å². The molecule has 0 saturated carbocycles. The van der Waals surface area contributed by atoms with Gasteiger partial charge in [0.05, 0.1) is 11.3 Å². The van der Waals surface area contributed by atoms with Gasteiger partial charge in [-0.2, -0.15) is 13.2 Å². The molecule has 1 aromatic rings. The summed E-state index contributed by atoms with van der Waals surface area (Å²) in [6, 6.07) is 4.54. The maximum Gasteiger partial charge on any atom is 0.418 e. The zero-order chi connectivity index (χ0) is 16.2. The highest BCUT2D eigenvalue weighted by Crippen LogP contribution is 2.34. The molecule has 0 unspecified atom stereocenters. The summed E-state index contributed by atoms with van der Waals surface area (Å²) in [6.07, 6.45) is -3.44. The molecule has 0 spiro atoms. The SMILES string of the molecule is CCCN1CCN(C(=O)Nc2ccccc2C(F)(F)F)CC1. The molecule has 1 aromatic carbocycles. The van der Waals surface area contributed by atoms with Crippen molar-refractivity contribution in [3.8, 4) is 0 Å². The van der Waals surface area contributed by atoms with Crippen LogP contribution >= 0.6 is 0 Å². The van der Waals surface area contributed by atoms with Gasteiger partial charge in [0.1, 0.15) is 0 Å². The van der Waals surface area contributed by atoms with E-state index in [1.54, 1.807) is 4.90 Å². The Labute approximate surface area is 127 Å². The van der Waals surface area contributed by atoms with Crippen LogP contribution in [0, 0.1) is 0 Å². The van der Waals surface area contributed by atoms with Crippen molar-refractivity contribution >= 4 is 11.7 Å². The summed E-state index contributed by atoms with van der Waals surface area (Å²) >= 11 is 0. The Balaban J connectivity index is 1.99. The minimum absolute atomic E-state index is 0.198. The van der Waals surface area contributed by atoms with E-state index in [4.69, 9.17) is 0 Å². The second kappa shape index (κ2) is 7.00.